The van der Waals surface area contributed by atoms with Gasteiger partial charge in [0.2, 0.25) is 5.75 Å². The van der Waals surface area contributed by atoms with E-state index in [-0.39, 0.29) is 33.5 Å². The largest absolute Gasteiger partial charge is 0.505 e. The molecule has 0 atom stereocenters. The maximum atomic E-state index is 12.2. The summed E-state index contributed by atoms with van der Waals surface area (Å²) in [7, 11) is -10.2. The summed E-state index contributed by atoms with van der Waals surface area (Å²) in [6.45, 7) is 0. The van der Waals surface area contributed by atoms with E-state index in [0.29, 0.717) is 12.1 Å². The molecule has 0 aliphatic carbocycles. The van der Waals surface area contributed by atoms with Gasteiger partial charge in [-0.1, -0.05) is 6.07 Å². The Hall–Kier alpha value is -7.02. The topological polar surface area (TPSA) is 350 Å². The second kappa shape index (κ2) is 13.7. The summed E-state index contributed by atoms with van der Waals surface area (Å²) >= 11 is 0. The number of nitro benzene ring substituents is 2. The lowest BCUT2D eigenvalue weighted by Crippen LogP contribution is -2.00. The number of nitro groups is 2. The molecular formula is C28H18N8O14S2. The molecule has 0 heterocycles. The van der Waals surface area contributed by atoms with Crippen LogP contribution < -0.4 is 0 Å². The Kier molecular flexibility index (Phi) is 9.56. The van der Waals surface area contributed by atoms with Gasteiger partial charge in [0.05, 0.1) is 21.2 Å². The average Bonchev–Trinajstić information content (AvgIpc) is 3.07. The predicted molar refractivity (Wildman–Crippen MR) is 175 cm³/mol. The van der Waals surface area contributed by atoms with Gasteiger partial charge in [0, 0.05) is 23.6 Å². The van der Waals surface area contributed by atoms with Crippen molar-refractivity contribution in [1.29, 1.82) is 0 Å². The summed E-state index contributed by atoms with van der Waals surface area (Å²) in [6, 6.07) is 12.5. The Bertz CT molecular complexity index is 2630. The van der Waals surface area contributed by atoms with Gasteiger partial charge in [-0.05, 0) is 53.9 Å². The molecule has 0 aromatic heterocycles. The molecule has 0 unspecified atom stereocenters. The van der Waals surface area contributed by atoms with Crippen LogP contribution in [0.5, 0.6) is 23.0 Å². The van der Waals surface area contributed by atoms with Gasteiger partial charge in [-0.15, -0.1) is 20.5 Å². The first-order valence-electron chi connectivity index (χ1n) is 13.7. The molecule has 0 saturated carbocycles. The minimum Gasteiger partial charge on any atom is -0.505 e. The molecule has 52 heavy (non-hydrogen) atoms. The average molecular weight is 755 g/mol. The first-order chi connectivity index (χ1) is 24.3. The molecule has 266 valence electrons. The number of hydrogen-bond donors (Lipinski definition) is 6. The summed E-state index contributed by atoms with van der Waals surface area (Å²) in [4.78, 5) is 18.2. The van der Waals surface area contributed by atoms with Crippen molar-refractivity contribution in [3.63, 3.8) is 0 Å². The molecule has 0 bridgehead atoms. The van der Waals surface area contributed by atoms with E-state index in [2.05, 4.69) is 30.7 Å². The van der Waals surface area contributed by atoms with E-state index >= 15 is 0 Å². The van der Waals surface area contributed by atoms with Crippen LogP contribution in [0.4, 0.5) is 45.5 Å². The summed E-state index contributed by atoms with van der Waals surface area (Å²) in [5.41, 5.74) is -3.92. The Morgan fingerprint density at radius 1 is 0.558 bits per heavy atom. The Labute approximate surface area is 288 Å². The fourth-order valence-corrected chi connectivity index (χ4v) is 5.51. The Morgan fingerprint density at radius 3 is 1.79 bits per heavy atom. The Balaban J connectivity index is 1.54. The van der Waals surface area contributed by atoms with E-state index in [1.54, 1.807) is 0 Å². The van der Waals surface area contributed by atoms with Crippen molar-refractivity contribution >= 4 is 76.5 Å². The first-order valence-corrected chi connectivity index (χ1v) is 16.5. The predicted octanol–water partition coefficient (Wildman–Crippen LogP) is 7.22. The number of hydrogen-bond acceptors (Lipinski definition) is 18. The maximum Gasteiger partial charge on any atom is 0.314 e. The molecule has 0 aliphatic rings. The van der Waals surface area contributed by atoms with Crippen molar-refractivity contribution in [2.45, 2.75) is 9.79 Å². The lowest BCUT2D eigenvalue weighted by atomic mass is 10.1. The normalized spacial score (nSPS) is 12.3. The Morgan fingerprint density at radius 2 is 1.17 bits per heavy atom. The zero-order valence-corrected chi connectivity index (χ0v) is 26.9. The number of azo groups is 3. The van der Waals surface area contributed by atoms with Gasteiger partial charge in [-0.3, -0.25) is 29.3 Å². The standard InChI is InChI=1S/C28H18N8O14S2/c37-22-8-7-19(28(40)24(22)33-29-14-3-5-16(6-4-14)35(41)42)31-30-15-2-1-13-9-23(52(48,49)50)25(26(38)18(13)10-15)34-32-20-11-17(51(45,46)47)12-21(27(20)39)36(43)44/h1-12,37-40H,(H,45,46,47)(H,48,49,50). The fourth-order valence-electron chi connectivity index (χ4n) is 4.33. The van der Waals surface area contributed by atoms with Crippen LogP contribution in [0.25, 0.3) is 10.8 Å². The number of nitrogens with zero attached hydrogens (tertiary/aromatic N) is 8. The number of non-ortho nitro benzene ring substituents is 1. The van der Waals surface area contributed by atoms with Gasteiger partial charge in [-0.25, -0.2) is 0 Å². The zero-order valence-electron chi connectivity index (χ0n) is 25.3. The van der Waals surface area contributed by atoms with Crippen LogP contribution in [0.1, 0.15) is 0 Å². The summed E-state index contributed by atoms with van der Waals surface area (Å²) in [6.07, 6.45) is 0. The number of rotatable bonds is 10. The summed E-state index contributed by atoms with van der Waals surface area (Å²) in [5, 5.41) is 86.5. The van der Waals surface area contributed by atoms with Crippen molar-refractivity contribution in [3.05, 3.63) is 93.0 Å². The molecule has 5 rings (SSSR count). The highest BCUT2D eigenvalue weighted by Gasteiger charge is 2.26. The number of fused-ring (bicyclic) bond motifs is 1. The lowest BCUT2D eigenvalue weighted by Gasteiger charge is -2.09. The molecule has 0 radical (unpaired) electrons. The van der Waals surface area contributed by atoms with Crippen LogP contribution in [-0.4, -0.2) is 56.2 Å². The molecular weight excluding hydrogens is 736 g/mol. The van der Waals surface area contributed by atoms with Gasteiger partial charge in [0.15, 0.2) is 17.2 Å². The van der Waals surface area contributed by atoms with E-state index in [9.17, 15) is 66.6 Å². The molecule has 22 nitrogen and oxygen atoms in total. The minimum absolute atomic E-state index is 0.0173. The SMILES string of the molecule is O=[N+]([O-])c1ccc(N=Nc2c(O)ccc(N=Nc3ccc4cc(S(=O)(=O)O)c(N=Nc5cc(S(=O)(=O)O)cc([N+](=O)[O-])c5O)c(O)c4c3)c2O)cc1. The van der Waals surface area contributed by atoms with Crippen LogP contribution in [-0.2, 0) is 20.2 Å². The van der Waals surface area contributed by atoms with E-state index < -0.39 is 85.6 Å². The highest BCUT2D eigenvalue weighted by Crippen LogP contribution is 2.46. The molecule has 24 heteroatoms. The van der Waals surface area contributed by atoms with Crippen molar-refractivity contribution in [2.75, 3.05) is 0 Å². The molecule has 5 aromatic rings. The van der Waals surface area contributed by atoms with E-state index in [4.69, 9.17) is 0 Å². The third kappa shape index (κ3) is 7.58. The highest BCUT2D eigenvalue weighted by atomic mass is 32.2. The molecule has 0 amide bonds. The molecule has 0 saturated heterocycles. The zero-order chi connectivity index (χ0) is 38.1. The van der Waals surface area contributed by atoms with Crippen molar-refractivity contribution in [2.24, 2.45) is 30.7 Å². The lowest BCUT2D eigenvalue weighted by molar-refractivity contribution is -0.386. The summed E-state index contributed by atoms with van der Waals surface area (Å²) in [5.74, 6) is -3.40. The van der Waals surface area contributed by atoms with Gasteiger partial charge in [0.25, 0.3) is 25.9 Å². The third-order valence-electron chi connectivity index (χ3n) is 6.82. The molecule has 0 fully saturated rings. The number of phenols is 4. The maximum absolute atomic E-state index is 12.2. The van der Waals surface area contributed by atoms with Crippen LogP contribution in [0, 0.1) is 20.2 Å². The second-order valence-electron chi connectivity index (χ2n) is 10.2. The molecule has 5 aromatic carbocycles. The highest BCUT2D eigenvalue weighted by molar-refractivity contribution is 7.86. The van der Waals surface area contributed by atoms with E-state index in [1.807, 2.05) is 0 Å². The monoisotopic (exact) mass is 754 g/mol. The van der Waals surface area contributed by atoms with Gasteiger partial charge in [0.1, 0.15) is 32.6 Å². The van der Waals surface area contributed by atoms with Crippen LogP contribution in [0.15, 0.2) is 113 Å². The number of benzene rings is 5. The van der Waals surface area contributed by atoms with Crippen LogP contribution in [0.2, 0.25) is 0 Å². The smallest absolute Gasteiger partial charge is 0.314 e. The molecule has 0 aliphatic heterocycles. The van der Waals surface area contributed by atoms with Gasteiger partial charge < -0.3 is 20.4 Å². The quantitative estimate of drug-likeness (QED) is 0.0355. The van der Waals surface area contributed by atoms with Crippen molar-refractivity contribution in [3.8, 4) is 23.0 Å². The second-order valence-corrected chi connectivity index (χ2v) is 13.0. The third-order valence-corrected chi connectivity index (χ3v) is 8.52. The van der Waals surface area contributed by atoms with Gasteiger partial charge >= 0.3 is 5.69 Å². The molecule has 6 N–H and O–H groups in total. The number of aromatic hydroxyl groups is 4. The van der Waals surface area contributed by atoms with Crippen LogP contribution in [0.3, 0.4) is 0 Å². The van der Waals surface area contributed by atoms with Crippen LogP contribution >= 0.6 is 0 Å². The van der Waals surface area contributed by atoms with E-state index in [1.165, 1.54) is 36.4 Å². The number of phenolic OH excluding ortho intramolecular Hbond substituents is 4. The van der Waals surface area contributed by atoms with E-state index in [0.717, 1.165) is 24.3 Å². The van der Waals surface area contributed by atoms with Gasteiger partial charge in [-0.2, -0.15) is 27.1 Å². The summed E-state index contributed by atoms with van der Waals surface area (Å²) < 4.78 is 66.9. The fraction of sp³-hybridized carbons (Fsp3) is 0. The first kappa shape index (κ1) is 36.3. The van der Waals surface area contributed by atoms with Crippen molar-refractivity contribution in [1.82, 2.24) is 0 Å². The molecule has 0 spiro atoms. The minimum atomic E-state index is -5.17. The van der Waals surface area contributed by atoms with Crippen molar-refractivity contribution < 1.29 is 56.2 Å².